The van der Waals surface area contributed by atoms with Gasteiger partial charge >= 0.3 is 0 Å². The van der Waals surface area contributed by atoms with Gasteiger partial charge in [0, 0.05) is 5.69 Å². The van der Waals surface area contributed by atoms with Gasteiger partial charge < -0.3 is 5.32 Å². The molecule has 1 aliphatic heterocycles. The van der Waals surface area contributed by atoms with E-state index in [-0.39, 0.29) is 6.04 Å². The maximum Gasteiger partial charge on any atom is 0.193 e. The topological polar surface area (TPSA) is 27.3 Å². The first-order valence-electron chi connectivity index (χ1n) is 8.45. The number of aryl methyl sites for hydroxylation is 1. The zero-order chi connectivity index (χ0) is 17.9. The van der Waals surface area contributed by atoms with Crippen molar-refractivity contribution in [3.63, 3.8) is 0 Å². The number of hydrazine groups is 1. The Morgan fingerprint density at radius 2 is 1.81 bits per heavy atom. The molecule has 0 unspecified atom stereocenters. The molecular weight excluding hydrogens is 358 g/mol. The molecule has 1 atom stereocenters. The second-order valence-electron chi connectivity index (χ2n) is 6.19. The van der Waals surface area contributed by atoms with E-state index >= 15 is 0 Å². The van der Waals surface area contributed by atoms with Crippen LogP contribution in [0, 0.1) is 6.92 Å². The summed E-state index contributed by atoms with van der Waals surface area (Å²) in [5.74, 6) is 0. The van der Waals surface area contributed by atoms with Crippen molar-refractivity contribution in [2.75, 3.05) is 5.32 Å². The van der Waals surface area contributed by atoms with Crippen LogP contribution in [0.5, 0.6) is 0 Å². The number of anilines is 1. The van der Waals surface area contributed by atoms with E-state index in [2.05, 4.69) is 65.5 Å². The van der Waals surface area contributed by atoms with E-state index in [0.717, 1.165) is 11.4 Å². The molecular formula is C21H19N3S2. The highest BCUT2D eigenvalue weighted by Crippen LogP contribution is 2.33. The molecule has 2 N–H and O–H groups in total. The van der Waals surface area contributed by atoms with Gasteiger partial charge in [-0.15, -0.1) is 11.3 Å². The number of hydrogen-bond donors (Lipinski definition) is 2. The van der Waals surface area contributed by atoms with Gasteiger partial charge in [0.15, 0.2) is 5.11 Å². The molecule has 3 aromatic rings. The van der Waals surface area contributed by atoms with Crippen molar-refractivity contribution in [3.05, 3.63) is 94.2 Å². The summed E-state index contributed by atoms with van der Waals surface area (Å²) in [7, 11) is 0. The Bertz CT molecular complexity index is 916. The predicted molar refractivity (Wildman–Crippen MR) is 114 cm³/mol. The standard InChI is InChI=1S/C21H19N3S2/c1-15-9-11-16(12-10-15)19-14-18(20-8-5-13-26-20)23-24(19)21(25)22-17-6-3-2-4-7-17/h2-14,19,23H,1H3,(H,22,25)/t19-/m0/s1. The molecule has 1 aliphatic rings. The normalized spacial score (nSPS) is 16.1. The van der Waals surface area contributed by atoms with Gasteiger partial charge in [0.2, 0.25) is 0 Å². The molecule has 0 saturated carbocycles. The summed E-state index contributed by atoms with van der Waals surface area (Å²) in [6, 6.07) is 22.8. The maximum atomic E-state index is 5.70. The van der Waals surface area contributed by atoms with Crippen molar-refractivity contribution >= 4 is 40.1 Å². The zero-order valence-corrected chi connectivity index (χ0v) is 16.0. The average Bonchev–Trinajstić information content (AvgIpc) is 3.33. The van der Waals surface area contributed by atoms with Crippen LogP contribution in [0.3, 0.4) is 0 Å². The Hall–Kier alpha value is -2.63. The summed E-state index contributed by atoms with van der Waals surface area (Å²) in [4.78, 5) is 1.20. The minimum Gasteiger partial charge on any atom is -0.331 e. The molecule has 26 heavy (non-hydrogen) atoms. The summed E-state index contributed by atoms with van der Waals surface area (Å²) >= 11 is 7.42. The first kappa shape index (κ1) is 16.8. The summed E-state index contributed by atoms with van der Waals surface area (Å²) in [5.41, 5.74) is 7.99. The van der Waals surface area contributed by atoms with E-state index in [1.54, 1.807) is 11.3 Å². The molecule has 0 fully saturated rings. The fourth-order valence-corrected chi connectivity index (χ4v) is 3.91. The highest BCUT2D eigenvalue weighted by atomic mass is 32.1. The predicted octanol–water partition coefficient (Wildman–Crippen LogP) is 5.36. The molecule has 2 heterocycles. The van der Waals surface area contributed by atoms with Crippen LogP contribution in [0.1, 0.15) is 22.0 Å². The number of rotatable bonds is 3. The Balaban J connectivity index is 1.63. The van der Waals surface area contributed by atoms with Gasteiger partial charge in [0.05, 0.1) is 16.6 Å². The van der Waals surface area contributed by atoms with Crippen molar-refractivity contribution in [1.29, 1.82) is 0 Å². The minimum absolute atomic E-state index is 0.0383. The highest BCUT2D eigenvalue weighted by Gasteiger charge is 2.29. The van der Waals surface area contributed by atoms with Gasteiger partial charge in [-0.25, -0.2) is 0 Å². The minimum atomic E-state index is 0.0383. The van der Waals surface area contributed by atoms with Crippen LogP contribution in [0.2, 0.25) is 0 Å². The van der Waals surface area contributed by atoms with Crippen LogP contribution in [-0.4, -0.2) is 10.1 Å². The van der Waals surface area contributed by atoms with Crippen LogP contribution in [0.25, 0.3) is 5.70 Å². The van der Waals surface area contributed by atoms with E-state index in [1.165, 1.54) is 16.0 Å². The summed E-state index contributed by atoms with van der Waals surface area (Å²) in [5, 5.41) is 8.07. The van der Waals surface area contributed by atoms with Crippen molar-refractivity contribution in [3.8, 4) is 0 Å². The fourth-order valence-electron chi connectivity index (χ4n) is 2.93. The number of para-hydroxylation sites is 1. The van der Waals surface area contributed by atoms with E-state index in [9.17, 15) is 0 Å². The van der Waals surface area contributed by atoms with Gasteiger partial charge in [-0.1, -0.05) is 54.1 Å². The van der Waals surface area contributed by atoms with Gasteiger partial charge in [-0.3, -0.25) is 10.4 Å². The zero-order valence-electron chi connectivity index (χ0n) is 14.3. The monoisotopic (exact) mass is 377 g/mol. The molecule has 0 aliphatic carbocycles. The van der Waals surface area contributed by atoms with Crippen molar-refractivity contribution in [2.24, 2.45) is 0 Å². The first-order chi connectivity index (χ1) is 12.7. The molecule has 1 aromatic heterocycles. The van der Waals surface area contributed by atoms with E-state index in [4.69, 9.17) is 12.2 Å². The Morgan fingerprint density at radius 3 is 2.50 bits per heavy atom. The Morgan fingerprint density at radius 1 is 1.04 bits per heavy atom. The maximum absolute atomic E-state index is 5.70. The van der Waals surface area contributed by atoms with E-state index in [1.807, 2.05) is 35.3 Å². The van der Waals surface area contributed by atoms with Gasteiger partial charge in [-0.05, 0) is 54.4 Å². The Kier molecular flexibility index (Phi) is 4.73. The lowest BCUT2D eigenvalue weighted by molar-refractivity contribution is 0.348. The highest BCUT2D eigenvalue weighted by molar-refractivity contribution is 7.80. The summed E-state index contributed by atoms with van der Waals surface area (Å²) in [6.45, 7) is 2.10. The molecule has 0 saturated heterocycles. The molecule has 0 radical (unpaired) electrons. The second-order valence-corrected chi connectivity index (χ2v) is 7.53. The lowest BCUT2D eigenvalue weighted by atomic mass is 10.0. The number of nitrogens with zero attached hydrogens (tertiary/aromatic N) is 1. The summed E-state index contributed by atoms with van der Waals surface area (Å²) < 4.78 is 0. The fraction of sp³-hybridized carbons (Fsp3) is 0.0952. The third kappa shape index (κ3) is 3.49. The number of thiophene rings is 1. The van der Waals surface area contributed by atoms with Gasteiger partial charge in [-0.2, -0.15) is 0 Å². The lowest BCUT2D eigenvalue weighted by Gasteiger charge is -2.28. The van der Waals surface area contributed by atoms with E-state index < -0.39 is 0 Å². The number of benzene rings is 2. The van der Waals surface area contributed by atoms with Crippen LogP contribution < -0.4 is 10.7 Å². The van der Waals surface area contributed by atoms with Crippen LogP contribution in [0.15, 0.2) is 78.2 Å². The van der Waals surface area contributed by atoms with Crippen molar-refractivity contribution in [1.82, 2.24) is 10.4 Å². The Labute approximate surface area is 163 Å². The van der Waals surface area contributed by atoms with Crippen LogP contribution in [-0.2, 0) is 0 Å². The molecule has 2 aromatic carbocycles. The average molecular weight is 378 g/mol. The summed E-state index contributed by atoms with van der Waals surface area (Å²) in [6.07, 6.45) is 2.23. The third-order valence-electron chi connectivity index (χ3n) is 4.29. The van der Waals surface area contributed by atoms with E-state index in [0.29, 0.717) is 5.11 Å². The molecule has 4 rings (SSSR count). The van der Waals surface area contributed by atoms with Crippen molar-refractivity contribution in [2.45, 2.75) is 13.0 Å². The molecule has 0 spiro atoms. The largest absolute Gasteiger partial charge is 0.331 e. The molecule has 0 amide bonds. The van der Waals surface area contributed by atoms with Gasteiger partial charge in [0.1, 0.15) is 0 Å². The van der Waals surface area contributed by atoms with Crippen molar-refractivity contribution < 1.29 is 0 Å². The SMILES string of the molecule is Cc1ccc([C@@H]2C=C(c3cccs3)NN2C(=S)Nc2ccccc2)cc1. The smallest absolute Gasteiger partial charge is 0.193 e. The quantitative estimate of drug-likeness (QED) is 0.601. The first-order valence-corrected chi connectivity index (χ1v) is 9.74. The third-order valence-corrected chi connectivity index (χ3v) is 5.49. The molecule has 5 heteroatoms. The number of hydrogen-bond acceptors (Lipinski definition) is 3. The van der Waals surface area contributed by atoms with Gasteiger partial charge in [0.25, 0.3) is 0 Å². The second kappa shape index (κ2) is 7.32. The lowest BCUT2D eigenvalue weighted by Crippen LogP contribution is -2.42. The molecule has 130 valence electrons. The van der Waals surface area contributed by atoms with Crippen LogP contribution in [0.4, 0.5) is 5.69 Å². The van der Waals surface area contributed by atoms with Crippen LogP contribution >= 0.6 is 23.6 Å². The number of thiocarbonyl (C=S) groups is 1. The number of nitrogens with one attached hydrogen (secondary N) is 2. The molecule has 0 bridgehead atoms. The molecule has 3 nitrogen and oxygen atoms in total.